The van der Waals surface area contributed by atoms with Crippen LogP contribution in [0.1, 0.15) is 20.3 Å². The largest absolute Gasteiger partial charge is 0.390 e. The quantitative estimate of drug-likeness (QED) is 0.649. The molecule has 0 bridgehead atoms. The molecular weight excluding hydrogens is 240 g/mol. The van der Waals surface area contributed by atoms with Crippen molar-refractivity contribution in [3.63, 3.8) is 0 Å². The molecule has 2 N–H and O–H groups in total. The van der Waals surface area contributed by atoms with E-state index in [1.54, 1.807) is 0 Å². The Kier molecular flexibility index (Phi) is 3.51. The molecule has 0 aromatic carbocycles. The molecule has 0 aromatic rings. The van der Waals surface area contributed by atoms with Crippen molar-refractivity contribution in [2.24, 2.45) is 0 Å². The summed E-state index contributed by atoms with van der Waals surface area (Å²) in [6, 6.07) is 0.0776. The van der Waals surface area contributed by atoms with Gasteiger partial charge >= 0.3 is 0 Å². The van der Waals surface area contributed by atoms with Gasteiger partial charge in [0.25, 0.3) is 0 Å². The lowest BCUT2D eigenvalue weighted by Gasteiger charge is -2.33. The average molecular weight is 262 g/mol. The van der Waals surface area contributed by atoms with Gasteiger partial charge in [0.05, 0.1) is 17.6 Å². The van der Waals surface area contributed by atoms with E-state index in [1.807, 2.05) is 0 Å². The fourth-order valence-electron chi connectivity index (χ4n) is 2.70. The fraction of sp³-hybridized carbons (Fsp3) is 1.00. The van der Waals surface area contributed by atoms with Crippen LogP contribution in [0.15, 0.2) is 0 Å². The highest BCUT2D eigenvalue weighted by atomic mass is 32.2. The number of hydrogen-bond donors (Lipinski definition) is 2. The number of rotatable bonds is 1. The van der Waals surface area contributed by atoms with Gasteiger partial charge in [0.2, 0.25) is 0 Å². The Morgan fingerprint density at radius 1 is 1.41 bits per heavy atom. The topological polar surface area (TPSA) is 69.6 Å². The lowest BCUT2D eigenvalue weighted by Crippen LogP contribution is -2.49. The number of sulfone groups is 1. The van der Waals surface area contributed by atoms with Crippen LogP contribution in [0.5, 0.6) is 0 Å². The van der Waals surface area contributed by atoms with Crippen molar-refractivity contribution < 1.29 is 13.5 Å². The predicted octanol–water partition coefficient (Wildman–Crippen LogP) is -0.782. The third-order valence-electron chi connectivity index (χ3n) is 3.58. The Labute approximate surface area is 103 Å². The molecular formula is C11H22N2O3S. The van der Waals surface area contributed by atoms with Crippen LogP contribution in [-0.2, 0) is 9.84 Å². The second kappa shape index (κ2) is 4.50. The van der Waals surface area contributed by atoms with E-state index < -0.39 is 15.9 Å². The summed E-state index contributed by atoms with van der Waals surface area (Å²) in [7, 11) is -2.86. The van der Waals surface area contributed by atoms with Gasteiger partial charge in [-0.05, 0) is 20.3 Å². The van der Waals surface area contributed by atoms with E-state index in [1.165, 1.54) is 0 Å². The summed E-state index contributed by atoms with van der Waals surface area (Å²) in [4.78, 5) is 2.13. The SMILES string of the molecule is CC1(C)CN(C2CCS(=O)(=O)C2)CC(O)CN1. The van der Waals surface area contributed by atoms with Crippen molar-refractivity contribution in [2.45, 2.75) is 38.0 Å². The summed E-state index contributed by atoms with van der Waals surface area (Å²) in [5.41, 5.74) is -0.0795. The van der Waals surface area contributed by atoms with Crippen molar-refractivity contribution in [3.8, 4) is 0 Å². The first kappa shape index (κ1) is 13.3. The Morgan fingerprint density at radius 3 is 2.71 bits per heavy atom. The molecule has 2 unspecified atom stereocenters. The van der Waals surface area contributed by atoms with Crippen molar-refractivity contribution >= 4 is 9.84 Å². The van der Waals surface area contributed by atoms with Crippen LogP contribution in [-0.4, -0.2) is 67.2 Å². The summed E-state index contributed by atoms with van der Waals surface area (Å²) in [5, 5.41) is 13.1. The highest BCUT2D eigenvalue weighted by Crippen LogP contribution is 2.21. The summed E-state index contributed by atoms with van der Waals surface area (Å²) in [5.74, 6) is 0.536. The van der Waals surface area contributed by atoms with Gasteiger partial charge in [0.1, 0.15) is 0 Å². The lowest BCUT2D eigenvalue weighted by atomic mass is 10.0. The number of aliphatic hydroxyl groups excluding tert-OH is 1. The molecule has 6 heteroatoms. The van der Waals surface area contributed by atoms with E-state index in [0.717, 1.165) is 6.54 Å². The van der Waals surface area contributed by atoms with Crippen LogP contribution in [0, 0.1) is 0 Å². The maximum Gasteiger partial charge on any atom is 0.151 e. The molecule has 5 nitrogen and oxygen atoms in total. The number of nitrogens with one attached hydrogen (secondary N) is 1. The molecule has 0 aliphatic carbocycles. The monoisotopic (exact) mass is 262 g/mol. The summed E-state index contributed by atoms with van der Waals surface area (Å²) < 4.78 is 23.0. The average Bonchev–Trinajstić information content (AvgIpc) is 2.48. The molecule has 17 heavy (non-hydrogen) atoms. The van der Waals surface area contributed by atoms with Crippen LogP contribution >= 0.6 is 0 Å². The normalized spacial score (nSPS) is 37.8. The van der Waals surface area contributed by atoms with Gasteiger partial charge in [-0.25, -0.2) is 8.42 Å². The summed E-state index contributed by atoms with van der Waals surface area (Å²) >= 11 is 0. The molecule has 2 saturated heterocycles. The third-order valence-corrected chi connectivity index (χ3v) is 5.34. The van der Waals surface area contributed by atoms with Crippen LogP contribution in [0.4, 0.5) is 0 Å². The lowest BCUT2D eigenvalue weighted by molar-refractivity contribution is 0.107. The number of hydrogen-bond acceptors (Lipinski definition) is 5. The van der Waals surface area contributed by atoms with Gasteiger partial charge in [-0.1, -0.05) is 0 Å². The summed E-state index contributed by atoms with van der Waals surface area (Å²) in [6.07, 6.45) is 0.283. The molecule has 2 heterocycles. The first-order valence-electron chi connectivity index (χ1n) is 6.15. The Hall–Kier alpha value is -0.170. The van der Waals surface area contributed by atoms with Gasteiger partial charge in [-0.3, -0.25) is 4.90 Å². The van der Waals surface area contributed by atoms with E-state index in [9.17, 15) is 13.5 Å². The zero-order chi connectivity index (χ0) is 12.7. The standard InChI is InChI=1S/C11H22N2O3S/c1-11(2)8-13(6-10(14)5-12-11)9-3-4-17(15,16)7-9/h9-10,12,14H,3-8H2,1-2H3. The van der Waals surface area contributed by atoms with Gasteiger partial charge < -0.3 is 10.4 Å². The maximum absolute atomic E-state index is 11.5. The molecule has 0 spiro atoms. The molecule has 2 aliphatic heterocycles. The fourth-order valence-corrected chi connectivity index (χ4v) is 4.46. The maximum atomic E-state index is 11.5. The molecule has 2 fully saturated rings. The number of nitrogens with zero attached hydrogens (tertiary/aromatic N) is 1. The predicted molar refractivity (Wildman–Crippen MR) is 66.7 cm³/mol. The highest BCUT2D eigenvalue weighted by Gasteiger charge is 2.37. The zero-order valence-corrected chi connectivity index (χ0v) is 11.3. The second-order valence-electron chi connectivity index (χ2n) is 5.90. The van der Waals surface area contributed by atoms with Crippen LogP contribution < -0.4 is 5.32 Å². The molecule has 2 atom stereocenters. The van der Waals surface area contributed by atoms with Crippen molar-refractivity contribution in [1.29, 1.82) is 0 Å². The highest BCUT2D eigenvalue weighted by molar-refractivity contribution is 7.91. The van der Waals surface area contributed by atoms with Gasteiger partial charge in [-0.2, -0.15) is 0 Å². The third kappa shape index (κ3) is 3.40. The minimum atomic E-state index is -2.86. The van der Waals surface area contributed by atoms with Crippen LogP contribution in [0.25, 0.3) is 0 Å². The van der Waals surface area contributed by atoms with Crippen LogP contribution in [0.3, 0.4) is 0 Å². The van der Waals surface area contributed by atoms with E-state index in [4.69, 9.17) is 0 Å². The minimum absolute atomic E-state index is 0.0776. The van der Waals surface area contributed by atoms with E-state index in [-0.39, 0.29) is 23.1 Å². The minimum Gasteiger partial charge on any atom is -0.390 e. The van der Waals surface area contributed by atoms with Gasteiger partial charge in [0, 0.05) is 31.2 Å². The Balaban J connectivity index is 2.08. The molecule has 2 rings (SSSR count). The Bertz CT molecular complexity index is 380. The first-order valence-corrected chi connectivity index (χ1v) is 7.97. The molecule has 0 amide bonds. The molecule has 0 radical (unpaired) electrons. The van der Waals surface area contributed by atoms with Gasteiger partial charge in [-0.15, -0.1) is 0 Å². The zero-order valence-electron chi connectivity index (χ0n) is 10.5. The van der Waals surface area contributed by atoms with E-state index in [0.29, 0.717) is 19.5 Å². The molecule has 0 aromatic heterocycles. The summed E-state index contributed by atoms with van der Waals surface area (Å²) in [6.45, 7) is 6.09. The van der Waals surface area contributed by atoms with Crippen LogP contribution in [0.2, 0.25) is 0 Å². The molecule has 2 aliphatic rings. The number of β-amino-alcohol motifs (C(OH)–C–C–N with tert-alkyl or cyclic N) is 1. The van der Waals surface area contributed by atoms with Crippen molar-refractivity contribution in [3.05, 3.63) is 0 Å². The molecule has 0 saturated carbocycles. The first-order chi connectivity index (χ1) is 7.77. The smallest absolute Gasteiger partial charge is 0.151 e. The van der Waals surface area contributed by atoms with E-state index in [2.05, 4.69) is 24.1 Å². The molecule has 100 valence electrons. The van der Waals surface area contributed by atoms with E-state index >= 15 is 0 Å². The van der Waals surface area contributed by atoms with Crippen molar-refractivity contribution in [1.82, 2.24) is 10.2 Å². The van der Waals surface area contributed by atoms with Crippen molar-refractivity contribution in [2.75, 3.05) is 31.1 Å². The van der Waals surface area contributed by atoms with Gasteiger partial charge in [0.15, 0.2) is 9.84 Å². The number of aliphatic hydroxyl groups is 1. The Morgan fingerprint density at radius 2 is 2.12 bits per heavy atom. The second-order valence-corrected chi connectivity index (χ2v) is 8.13.